The molecule has 0 saturated carbocycles. The van der Waals surface area contributed by atoms with E-state index in [0.717, 1.165) is 3.57 Å². The first kappa shape index (κ1) is 13.1. The van der Waals surface area contributed by atoms with E-state index < -0.39 is 17.9 Å². The molecule has 0 bridgehead atoms. The van der Waals surface area contributed by atoms with Crippen LogP contribution in [0.5, 0.6) is 5.75 Å². The van der Waals surface area contributed by atoms with Crippen LogP contribution in [0.15, 0.2) is 18.2 Å². The molecule has 2 rings (SSSR count). The van der Waals surface area contributed by atoms with Gasteiger partial charge in [-0.05, 0) is 53.6 Å². The van der Waals surface area contributed by atoms with Crippen LogP contribution in [-0.4, -0.2) is 39.6 Å². The summed E-state index contributed by atoms with van der Waals surface area (Å²) >= 11 is 2.04. The van der Waals surface area contributed by atoms with Gasteiger partial charge < -0.3 is 15.1 Å². The van der Waals surface area contributed by atoms with Gasteiger partial charge in [-0.3, -0.25) is 4.79 Å². The third kappa shape index (κ3) is 2.43. The lowest BCUT2D eigenvalue weighted by Crippen LogP contribution is -2.40. The largest absolute Gasteiger partial charge is 0.507 e. The van der Waals surface area contributed by atoms with Gasteiger partial charge in [-0.15, -0.1) is 0 Å². The van der Waals surface area contributed by atoms with Crippen LogP contribution in [0.2, 0.25) is 0 Å². The topological polar surface area (TPSA) is 77.8 Å². The Morgan fingerprint density at radius 1 is 1.39 bits per heavy atom. The molecule has 1 aliphatic rings. The Hall–Kier alpha value is -1.31. The number of carbonyl (C=O) groups excluding carboxylic acids is 1. The molecule has 96 valence electrons. The summed E-state index contributed by atoms with van der Waals surface area (Å²) in [4.78, 5) is 24.6. The van der Waals surface area contributed by atoms with Crippen LogP contribution >= 0.6 is 22.6 Å². The molecule has 5 nitrogen and oxygen atoms in total. The van der Waals surface area contributed by atoms with E-state index >= 15 is 0 Å². The Kier molecular flexibility index (Phi) is 3.74. The number of hydrogen-bond acceptors (Lipinski definition) is 3. The molecule has 18 heavy (non-hydrogen) atoms. The highest BCUT2D eigenvalue weighted by molar-refractivity contribution is 14.1. The van der Waals surface area contributed by atoms with Gasteiger partial charge in [0.15, 0.2) is 0 Å². The molecule has 1 amide bonds. The lowest BCUT2D eigenvalue weighted by Gasteiger charge is -2.21. The van der Waals surface area contributed by atoms with Gasteiger partial charge in [-0.2, -0.15) is 0 Å². The van der Waals surface area contributed by atoms with Gasteiger partial charge in [0.25, 0.3) is 5.91 Å². The molecule has 6 heteroatoms. The zero-order valence-corrected chi connectivity index (χ0v) is 11.6. The molecular weight excluding hydrogens is 349 g/mol. The zero-order valence-electron chi connectivity index (χ0n) is 9.47. The predicted octanol–water partition coefficient (Wildman–Crippen LogP) is 1.69. The molecular formula is C12H12INO4. The number of nitrogens with zero attached hydrogens (tertiary/aromatic N) is 1. The van der Waals surface area contributed by atoms with Crippen LogP contribution in [0.25, 0.3) is 0 Å². The van der Waals surface area contributed by atoms with Crippen LogP contribution < -0.4 is 0 Å². The van der Waals surface area contributed by atoms with Crippen LogP contribution in [0.4, 0.5) is 0 Å². The van der Waals surface area contributed by atoms with E-state index in [0.29, 0.717) is 19.4 Å². The first-order valence-corrected chi connectivity index (χ1v) is 6.61. The quantitative estimate of drug-likeness (QED) is 0.786. The highest BCUT2D eigenvalue weighted by Crippen LogP contribution is 2.25. The fourth-order valence-electron chi connectivity index (χ4n) is 2.10. The molecule has 1 heterocycles. The van der Waals surface area contributed by atoms with Crippen molar-refractivity contribution in [2.75, 3.05) is 6.54 Å². The number of benzene rings is 1. The minimum absolute atomic E-state index is 0.114. The maximum absolute atomic E-state index is 12.2. The minimum Gasteiger partial charge on any atom is -0.507 e. The lowest BCUT2D eigenvalue weighted by molar-refractivity contribution is -0.141. The molecule has 1 aromatic rings. The predicted molar refractivity (Wildman–Crippen MR) is 72.5 cm³/mol. The molecule has 1 aliphatic heterocycles. The number of likely N-dealkylation sites (tertiary alicyclic amines) is 1. The first-order chi connectivity index (χ1) is 8.50. The highest BCUT2D eigenvalue weighted by atomic mass is 127. The Morgan fingerprint density at radius 3 is 2.78 bits per heavy atom. The molecule has 0 aliphatic carbocycles. The molecule has 1 unspecified atom stereocenters. The Bertz CT molecular complexity index is 503. The van der Waals surface area contributed by atoms with Crippen molar-refractivity contribution in [1.29, 1.82) is 0 Å². The summed E-state index contributed by atoms with van der Waals surface area (Å²) in [6.45, 7) is 0.417. The van der Waals surface area contributed by atoms with Crippen molar-refractivity contribution in [2.45, 2.75) is 18.9 Å². The van der Waals surface area contributed by atoms with Gasteiger partial charge in [0.1, 0.15) is 11.8 Å². The number of aromatic hydroxyl groups is 1. The van der Waals surface area contributed by atoms with Gasteiger partial charge in [0.2, 0.25) is 0 Å². The number of halogens is 1. The van der Waals surface area contributed by atoms with Crippen molar-refractivity contribution < 1.29 is 19.8 Å². The summed E-state index contributed by atoms with van der Waals surface area (Å²) in [7, 11) is 0. The number of rotatable bonds is 2. The standard InChI is InChI=1S/C12H12INO4/c13-7-3-4-10(15)8(6-7)11(16)14-5-1-2-9(14)12(17)18/h3-4,6,9,15H,1-2,5H2,(H,17,18). The smallest absolute Gasteiger partial charge is 0.326 e. The fraction of sp³-hybridized carbons (Fsp3) is 0.333. The second kappa shape index (κ2) is 5.13. The molecule has 1 saturated heterocycles. The van der Waals surface area contributed by atoms with Crippen molar-refractivity contribution >= 4 is 34.5 Å². The van der Waals surface area contributed by atoms with Crippen molar-refractivity contribution in [3.05, 3.63) is 27.3 Å². The third-order valence-electron chi connectivity index (χ3n) is 2.99. The van der Waals surface area contributed by atoms with Gasteiger partial charge in [0.05, 0.1) is 5.56 Å². The van der Waals surface area contributed by atoms with Crippen molar-refractivity contribution in [1.82, 2.24) is 4.90 Å². The highest BCUT2D eigenvalue weighted by Gasteiger charge is 2.35. The average Bonchev–Trinajstić information content (AvgIpc) is 2.80. The maximum Gasteiger partial charge on any atom is 0.326 e. The summed E-state index contributed by atoms with van der Waals surface area (Å²) in [5.41, 5.74) is 0.162. The van der Waals surface area contributed by atoms with E-state index in [1.54, 1.807) is 12.1 Å². The third-order valence-corrected chi connectivity index (χ3v) is 3.66. The van der Waals surface area contributed by atoms with Gasteiger partial charge >= 0.3 is 5.97 Å². The van der Waals surface area contributed by atoms with Crippen molar-refractivity contribution in [3.8, 4) is 5.75 Å². The molecule has 2 N–H and O–H groups in total. The number of hydrogen-bond donors (Lipinski definition) is 2. The van der Waals surface area contributed by atoms with Crippen LogP contribution in [0.3, 0.4) is 0 Å². The monoisotopic (exact) mass is 361 g/mol. The summed E-state index contributed by atoms with van der Waals surface area (Å²) in [6, 6.07) is 3.91. The summed E-state index contributed by atoms with van der Waals surface area (Å²) in [6.07, 6.45) is 1.14. The van der Waals surface area contributed by atoms with Gasteiger partial charge in [-0.25, -0.2) is 4.79 Å². The average molecular weight is 361 g/mol. The van der Waals surface area contributed by atoms with E-state index in [1.807, 2.05) is 22.6 Å². The van der Waals surface area contributed by atoms with Crippen LogP contribution in [0, 0.1) is 3.57 Å². The number of phenolic OH excluding ortho intramolecular Hbond substituents is 1. The van der Waals surface area contributed by atoms with E-state index in [1.165, 1.54) is 11.0 Å². The number of aliphatic carboxylic acids is 1. The molecule has 1 fully saturated rings. The van der Waals surface area contributed by atoms with E-state index in [2.05, 4.69) is 0 Å². The number of carbonyl (C=O) groups is 2. The van der Waals surface area contributed by atoms with Crippen molar-refractivity contribution in [3.63, 3.8) is 0 Å². The van der Waals surface area contributed by atoms with Gasteiger partial charge in [0, 0.05) is 10.1 Å². The number of carboxylic acid groups (broad SMARTS) is 1. The first-order valence-electron chi connectivity index (χ1n) is 5.53. The van der Waals surface area contributed by atoms with E-state index in [4.69, 9.17) is 5.11 Å². The Morgan fingerprint density at radius 2 is 2.11 bits per heavy atom. The number of carboxylic acids is 1. The zero-order chi connectivity index (χ0) is 13.3. The minimum atomic E-state index is -0.994. The summed E-state index contributed by atoms with van der Waals surface area (Å²) in [5, 5.41) is 18.7. The van der Waals surface area contributed by atoms with E-state index in [-0.39, 0.29) is 11.3 Å². The van der Waals surface area contributed by atoms with E-state index in [9.17, 15) is 14.7 Å². The summed E-state index contributed by atoms with van der Waals surface area (Å²) < 4.78 is 0.819. The summed E-state index contributed by atoms with van der Waals surface area (Å²) in [5.74, 6) is -1.53. The number of amides is 1. The van der Waals surface area contributed by atoms with Crippen LogP contribution in [-0.2, 0) is 4.79 Å². The molecule has 1 atom stereocenters. The van der Waals surface area contributed by atoms with Crippen molar-refractivity contribution in [2.24, 2.45) is 0 Å². The maximum atomic E-state index is 12.2. The fourth-order valence-corrected chi connectivity index (χ4v) is 2.59. The molecule has 0 radical (unpaired) electrons. The lowest BCUT2D eigenvalue weighted by atomic mass is 10.1. The number of phenols is 1. The molecule has 0 spiro atoms. The normalized spacial score (nSPS) is 18.9. The second-order valence-corrected chi connectivity index (χ2v) is 5.40. The second-order valence-electron chi connectivity index (χ2n) is 4.16. The Labute approximate surface area is 118 Å². The molecule has 0 aromatic heterocycles. The van der Waals surface area contributed by atoms with Crippen LogP contribution in [0.1, 0.15) is 23.2 Å². The molecule has 1 aromatic carbocycles. The van der Waals surface area contributed by atoms with Gasteiger partial charge in [-0.1, -0.05) is 0 Å². The Balaban J connectivity index is 2.31. The SMILES string of the molecule is O=C(O)C1CCCN1C(=O)c1cc(I)ccc1O.